The van der Waals surface area contributed by atoms with Gasteiger partial charge in [-0.1, -0.05) is 51.8 Å². The predicted octanol–water partition coefficient (Wildman–Crippen LogP) is 5.60. The van der Waals surface area contributed by atoms with Gasteiger partial charge in [-0.15, -0.1) is 0 Å². The van der Waals surface area contributed by atoms with Gasteiger partial charge in [0, 0.05) is 16.9 Å². The minimum Gasteiger partial charge on any atom is -0.497 e. The summed E-state index contributed by atoms with van der Waals surface area (Å²) in [4.78, 5) is 0.295. The summed E-state index contributed by atoms with van der Waals surface area (Å²) in [5.74, 6) is 0.699. The highest BCUT2D eigenvalue weighted by Crippen LogP contribution is 2.38. The molecule has 0 amide bonds. The molecular weight excluding hydrogens is 462 g/mol. The highest BCUT2D eigenvalue weighted by Gasteiger charge is 2.34. The van der Waals surface area contributed by atoms with E-state index in [1.165, 1.54) is 4.31 Å². The molecule has 0 N–H and O–H groups in total. The van der Waals surface area contributed by atoms with E-state index in [0.29, 0.717) is 17.1 Å². The molecule has 0 aromatic heterocycles. The van der Waals surface area contributed by atoms with Crippen LogP contribution in [0.1, 0.15) is 22.6 Å². The number of aryl methyl sites for hydroxylation is 1. The van der Waals surface area contributed by atoms with Gasteiger partial charge in [-0.25, -0.2) is 8.42 Å². The van der Waals surface area contributed by atoms with E-state index < -0.39 is 10.0 Å². The second-order valence-corrected chi connectivity index (χ2v) is 10.1. The van der Waals surface area contributed by atoms with Gasteiger partial charge in [0.15, 0.2) is 0 Å². The third-order valence-electron chi connectivity index (χ3n) is 5.28. The summed E-state index contributed by atoms with van der Waals surface area (Å²) in [6.45, 7) is 2.30. The van der Waals surface area contributed by atoms with E-state index in [0.717, 1.165) is 26.9 Å². The number of ether oxygens (including phenoxy) is 1. The van der Waals surface area contributed by atoms with Crippen molar-refractivity contribution in [2.24, 2.45) is 0 Å². The molecule has 0 fully saturated rings. The van der Waals surface area contributed by atoms with Crippen LogP contribution in [-0.2, 0) is 10.0 Å². The van der Waals surface area contributed by atoms with Gasteiger partial charge in [0.2, 0.25) is 0 Å². The van der Waals surface area contributed by atoms with E-state index >= 15 is 0 Å². The Bertz CT molecular complexity index is 1170. The summed E-state index contributed by atoms with van der Waals surface area (Å²) < 4.78 is 34.8. The monoisotopic (exact) mass is 483 g/mol. The Morgan fingerprint density at radius 3 is 2.17 bits per heavy atom. The summed E-state index contributed by atoms with van der Waals surface area (Å²) in [5.41, 5.74) is 3.62. The number of sulfonamides is 1. The number of methoxy groups -OCH3 is 1. The van der Waals surface area contributed by atoms with E-state index in [1.54, 1.807) is 19.2 Å². The lowest BCUT2D eigenvalue weighted by Crippen LogP contribution is -2.29. The van der Waals surface area contributed by atoms with E-state index in [-0.39, 0.29) is 5.92 Å². The fourth-order valence-electron chi connectivity index (χ4n) is 3.58. The second-order valence-electron chi connectivity index (χ2n) is 7.29. The van der Waals surface area contributed by atoms with Crippen LogP contribution in [0.4, 0.5) is 0 Å². The molecule has 0 saturated carbocycles. The zero-order valence-electron chi connectivity index (χ0n) is 16.7. The van der Waals surface area contributed by atoms with Crippen LogP contribution < -0.4 is 4.74 Å². The molecule has 3 aromatic rings. The lowest BCUT2D eigenvalue weighted by atomic mass is 10.00. The Hall–Kier alpha value is -2.57. The fraction of sp³-hybridized carbons (Fsp3) is 0.167. The molecule has 4 nitrogen and oxygen atoms in total. The van der Waals surface area contributed by atoms with Gasteiger partial charge in [0.1, 0.15) is 5.75 Å². The molecule has 30 heavy (non-hydrogen) atoms. The number of hydrogen-bond acceptors (Lipinski definition) is 3. The van der Waals surface area contributed by atoms with Crippen molar-refractivity contribution in [1.82, 2.24) is 4.31 Å². The van der Waals surface area contributed by atoms with Gasteiger partial charge in [0.05, 0.1) is 17.7 Å². The van der Waals surface area contributed by atoms with Crippen LogP contribution in [-0.4, -0.2) is 26.4 Å². The molecule has 6 heteroatoms. The number of rotatable bonds is 5. The molecule has 0 bridgehead atoms. The van der Waals surface area contributed by atoms with Crippen molar-refractivity contribution in [2.45, 2.75) is 17.7 Å². The van der Waals surface area contributed by atoms with Crippen LogP contribution in [0.5, 0.6) is 5.75 Å². The van der Waals surface area contributed by atoms with Crippen molar-refractivity contribution in [3.63, 3.8) is 0 Å². The molecule has 1 aliphatic heterocycles. The molecule has 3 aromatic carbocycles. The topological polar surface area (TPSA) is 46.6 Å². The molecule has 154 valence electrons. The fourth-order valence-corrected chi connectivity index (χ4v) is 5.36. The van der Waals surface area contributed by atoms with Crippen molar-refractivity contribution < 1.29 is 13.2 Å². The van der Waals surface area contributed by atoms with Gasteiger partial charge in [-0.3, -0.25) is 4.31 Å². The molecule has 0 aliphatic carbocycles. The lowest BCUT2D eigenvalue weighted by molar-refractivity contribution is 0.414. The first-order chi connectivity index (χ1) is 14.4. The standard InChI is InChI=1S/C24H22BrNO3S/c1-17-3-13-23(14-4-17)30(27,28)26-16-20(18-5-9-21(25)10-6-18)15-24(26)19-7-11-22(29-2)12-8-19/h3-15,20H,16H2,1-2H3. The summed E-state index contributed by atoms with van der Waals surface area (Å²) >= 11 is 3.46. The Kier molecular flexibility index (Phi) is 5.71. The molecule has 1 unspecified atom stereocenters. The molecule has 1 aliphatic rings. The SMILES string of the molecule is COc1ccc(C2=CC(c3ccc(Br)cc3)CN2S(=O)(=O)c2ccc(C)cc2)cc1. The van der Waals surface area contributed by atoms with E-state index in [9.17, 15) is 8.42 Å². The van der Waals surface area contributed by atoms with Gasteiger partial charge in [0.25, 0.3) is 10.0 Å². The second kappa shape index (κ2) is 8.28. The number of benzene rings is 3. The maximum atomic E-state index is 13.5. The Labute approximate surface area is 186 Å². The molecule has 1 heterocycles. The third-order valence-corrected chi connectivity index (χ3v) is 7.61. The maximum Gasteiger partial charge on any atom is 0.264 e. The summed E-state index contributed by atoms with van der Waals surface area (Å²) in [6, 6.07) is 22.5. The van der Waals surface area contributed by atoms with Crippen LogP contribution in [0.3, 0.4) is 0 Å². The van der Waals surface area contributed by atoms with E-state index in [4.69, 9.17) is 4.74 Å². The highest BCUT2D eigenvalue weighted by molar-refractivity contribution is 9.10. The average Bonchev–Trinajstić information content (AvgIpc) is 3.21. The van der Waals surface area contributed by atoms with E-state index in [1.807, 2.05) is 73.7 Å². The Morgan fingerprint density at radius 2 is 1.57 bits per heavy atom. The van der Waals surface area contributed by atoms with Crippen molar-refractivity contribution >= 4 is 31.7 Å². The van der Waals surface area contributed by atoms with Crippen molar-refractivity contribution in [3.05, 3.63) is 100 Å². The zero-order valence-corrected chi connectivity index (χ0v) is 19.2. The third kappa shape index (κ3) is 4.02. The minimum atomic E-state index is -3.69. The number of halogens is 1. The van der Waals surface area contributed by atoms with Crippen molar-refractivity contribution in [3.8, 4) is 5.75 Å². The maximum absolute atomic E-state index is 13.5. The number of hydrogen-bond donors (Lipinski definition) is 0. The van der Waals surface area contributed by atoms with Crippen LogP contribution in [0.2, 0.25) is 0 Å². The molecule has 4 rings (SSSR count). The molecule has 0 radical (unpaired) electrons. The highest BCUT2D eigenvalue weighted by atomic mass is 79.9. The molecular formula is C24H22BrNO3S. The summed E-state index contributed by atoms with van der Waals surface area (Å²) in [5, 5.41) is 0. The predicted molar refractivity (Wildman–Crippen MR) is 123 cm³/mol. The summed E-state index contributed by atoms with van der Waals surface area (Å²) in [6.07, 6.45) is 2.04. The largest absolute Gasteiger partial charge is 0.497 e. The Balaban J connectivity index is 1.77. The summed E-state index contributed by atoms with van der Waals surface area (Å²) in [7, 11) is -2.08. The van der Waals surface area contributed by atoms with E-state index in [2.05, 4.69) is 15.9 Å². The van der Waals surface area contributed by atoms with Gasteiger partial charge in [-0.05, 0) is 66.6 Å². The quantitative estimate of drug-likeness (QED) is 0.474. The van der Waals surface area contributed by atoms with Gasteiger partial charge >= 0.3 is 0 Å². The molecule has 1 atom stereocenters. The first-order valence-corrected chi connectivity index (χ1v) is 11.8. The lowest BCUT2D eigenvalue weighted by Gasteiger charge is -2.23. The minimum absolute atomic E-state index is 0.0320. The average molecular weight is 484 g/mol. The zero-order chi connectivity index (χ0) is 21.3. The first kappa shape index (κ1) is 20.7. The number of nitrogens with zero attached hydrogens (tertiary/aromatic N) is 1. The van der Waals surface area contributed by atoms with Gasteiger partial charge < -0.3 is 4.74 Å². The van der Waals surface area contributed by atoms with Crippen molar-refractivity contribution in [1.29, 1.82) is 0 Å². The molecule has 0 spiro atoms. The van der Waals surface area contributed by atoms with Gasteiger partial charge in [-0.2, -0.15) is 0 Å². The smallest absolute Gasteiger partial charge is 0.264 e. The van der Waals surface area contributed by atoms with Crippen LogP contribution in [0, 0.1) is 6.92 Å². The normalized spacial score (nSPS) is 16.4. The first-order valence-electron chi connectivity index (χ1n) is 9.59. The van der Waals surface area contributed by atoms with Crippen LogP contribution in [0.15, 0.2) is 88.2 Å². The Morgan fingerprint density at radius 1 is 0.933 bits per heavy atom. The molecule has 0 saturated heterocycles. The van der Waals surface area contributed by atoms with Crippen LogP contribution in [0.25, 0.3) is 5.70 Å². The van der Waals surface area contributed by atoms with Crippen molar-refractivity contribution in [2.75, 3.05) is 13.7 Å². The van der Waals surface area contributed by atoms with Crippen LogP contribution >= 0.6 is 15.9 Å².